The molecule has 3 nitrogen and oxygen atoms in total. The second-order valence-corrected chi connectivity index (χ2v) is 7.16. The Morgan fingerprint density at radius 2 is 1.48 bits per heavy atom. The molecule has 2 aromatic carbocycles. The molecule has 33 heavy (non-hydrogen) atoms. The fourth-order valence-electron chi connectivity index (χ4n) is 3.31. The zero-order valence-corrected chi connectivity index (χ0v) is 17.9. The lowest BCUT2D eigenvalue weighted by Gasteiger charge is -2.20. The van der Waals surface area contributed by atoms with E-state index in [1.54, 1.807) is 12.2 Å². The van der Waals surface area contributed by atoms with E-state index < -0.39 is 29.0 Å². The SMILES string of the molecule is CCN(CC)c1ccc(/C=C/c2ccnc(-c3ccc(C(F)(F)F)cc3C(F)(F)F)n2)cc1. The molecule has 0 spiro atoms. The predicted octanol–water partition coefficient (Wildman–Crippen LogP) is 7.20. The number of rotatable bonds is 6. The molecule has 0 unspecified atom stereocenters. The van der Waals surface area contributed by atoms with Gasteiger partial charge in [0.25, 0.3) is 0 Å². The Kier molecular flexibility index (Phi) is 7.09. The standard InChI is InChI=1S/C24H21F6N3/c1-3-33(4-2)19-10-6-16(7-11-19)5-9-18-13-14-31-22(32-18)20-12-8-17(23(25,26)27)15-21(20)24(28,29)30/h5-15H,3-4H2,1-2H3/b9-5+. The highest BCUT2D eigenvalue weighted by Gasteiger charge is 2.38. The van der Waals surface area contributed by atoms with Crippen LogP contribution in [-0.4, -0.2) is 23.1 Å². The Bertz CT molecular complexity index is 1110. The third-order valence-corrected chi connectivity index (χ3v) is 5.04. The fourth-order valence-corrected chi connectivity index (χ4v) is 3.31. The molecule has 0 saturated heterocycles. The van der Waals surface area contributed by atoms with E-state index in [0.717, 1.165) is 30.4 Å². The van der Waals surface area contributed by atoms with Crippen molar-refractivity contribution < 1.29 is 26.3 Å². The first-order chi connectivity index (χ1) is 15.5. The van der Waals surface area contributed by atoms with Crippen LogP contribution in [0.4, 0.5) is 32.0 Å². The van der Waals surface area contributed by atoms with Crippen molar-refractivity contribution in [2.45, 2.75) is 26.2 Å². The molecule has 9 heteroatoms. The molecule has 174 valence electrons. The minimum Gasteiger partial charge on any atom is -0.372 e. The lowest BCUT2D eigenvalue weighted by molar-refractivity contribution is -0.142. The van der Waals surface area contributed by atoms with Crippen LogP contribution in [0, 0.1) is 0 Å². The van der Waals surface area contributed by atoms with Gasteiger partial charge in [-0.1, -0.05) is 18.2 Å². The summed E-state index contributed by atoms with van der Waals surface area (Å²) >= 11 is 0. The van der Waals surface area contributed by atoms with Crippen LogP contribution in [-0.2, 0) is 12.4 Å². The smallest absolute Gasteiger partial charge is 0.372 e. The molecule has 1 aromatic heterocycles. The molecule has 0 N–H and O–H groups in total. The van der Waals surface area contributed by atoms with Gasteiger partial charge in [0.2, 0.25) is 0 Å². The summed E-state index contributed by atoms with van der Waals surface area (Å²) in [5.41, 5.74) is -1.09. The second kappa shape index (κ2) is 9.64. The highest BCUT2D eigenvalue weighted by molar-refractivity contribution is 5.70. The van der Waals surface area contributed by atoms with Crippen molar-refractivity contribution in [2.75, 3.05) is 18.0 Å². The molecule has 0 amide bonds. The molecule has 0 radical (unpaired) electrons. The molecule has 0 fully saturated rings. The number of aromatic nitrogens is 2. The topological polar surface area (TPSA) is 29.0 Å². The predicted molar refractivity (Wildman–Crippen MR) is 116 cm³/mol. The molecule has 1 heterocycles. The van der Waals surface area contributed by atoms with Crippen molar-refractivity contribution in [1.29, 1.82) is 0 Å². The summed E-state index contributed by atoms with van der Waals surface area (Å²) in [7, 11) is 0. The second-order valence-electron chi connectivity index (χ2n) is 7.16. The molecule has 0 saturated carbocycles. The van der Waals surface area contributed by atoms with Crippen LogP contribution in [0.3, 0.4) is 0 Å². The number of hydrogen-bond acceptors (Lipinski definition) is 3. The van der Waals surface area contributed by atoms with Crippen molar-refractivity contribution in [1.82, 2.24) is 9.97 Å². The minimum absolute atomic E-state index is 0.0820. The number of halogens is 6. The third-order valence-electron chi connectivity index (χ3n) is 5.04. The Hall–Kier alpha value is -3.36. The minimum atomic E-state index is -5.00. The molecule has 0 aliphatic carbocycles. The van der Waals surface area contributed by atoms with Crippen LogP contribution in [0.2, 0.25) is 0 Å². The van der Waals surface area contributed by atoms with Gasteiger partial charge in [0.15, 0.2) is 5.82 Å². The van der Waals surface area contributed by atoms with Crippen LogP contribution in [0.1, 0.15) is 36.2 Å². The largest absolute Gasteiger partial charge is 0.417 e. The third kappa shape index (κ3) is 5.91. The summed E-state index contributed by atoms with van der Waals surface area (Å²) in [6, 6.07) is 10.7. The van der Waals surface area contributed by atoms with Gasteiger partial charge in [-0.15, -0.1) is 0 Å². The Morgan fingerprint density at radius 3 is 2.06 bits per heavy atom. The van der Waals surface area contributed by atoms with Gasteiger partial charge < -0.3 is 4.90 Å². The normalized spacial score (nSPS) is 12.4. The number of hydrogen-bond donors (Lipinski definition) is 0. The van der Waals surface area contributed by atoms with Gasteiger partial charge >= 0.3 is 12.4 Å². The monoisotopic (exact) mass is 465 g/mol. The van der Waals surface area contributed by atoms with Gasteiger partial charge in [0.1, 0.15) is 0 Å². The van der Waals surface area contributed by atoms with Gasteiger partial charge in [-0.25, -0.2) is 9.97 Å². The summed E-state index contributed by atoms with van der Waals surface area (Å²) < 4.78 is 79.2. The molecule has 3 aromatic rings. The molecule has 0 atom stereocenters. The van der Waals surface area contributed by atoms with Crippen LogP contribution in [0.15, 0.2) is 54.7 Å². The zero-order chi connectivity index (χ0) is 24.2. The number of anilines is 1. The van der Waals surface area contributed by atoms with Gasteiger partial charge in [0.05, 0.1) is 16.8 Å². The van der Waals surface area contributed by atoms with E-state index in [4.69, 9.17) is 0 Å². The highest BCUT2D eigenvalue weighted by atomic mass is 19.4. The quantitative estimate of drug-likeness (QED) is 0.361. The Labute approximate surface area is 187 Å². The number of benzene rings is 2. The zero-order valence-electron chi connectivity index (χ0n) is 17.9. The lowest BCUT2D eigenvalue weighted by atomic mass is 10.0. The highest BCUT2D eigenvalue weighted by Crippen LogP contribution is 2.40. The van der Waals surface area contributed by atoms with Crippen molar-refractivity contribution in [2.24, 2.45) is 0 Å². The van der Waals surface area contributed by atoms with Crippen molar-refractivity contribution in [3.63, 3.8) is 0 Å². The average Bonchev–Trinajstić information content (AvgIpc) is 2.78. The van der Waals surface area contributed by atoms with Crippen molar-refractivity contribution in [3.05, 3.63) is 77.1 Å². The molecule has 0 aliphatic rings. The van der Waals surface area contributed by atoms with Crippen molar-refractivity contribution in [3.8, 4) is 11.4 Å². The Morgan fingerprint density at radius 1 is 0.818 bits per heavy atom. The molecular formula is C24H21F6N3. The van der Waals surface area contributed by atoms with Crippen LogP contribution in [0.25, 0.3) is 23.5 Å². The summed E-state index contributed by atoms with van der Waals surface area (Å²) in [4.78, 5) is 10.1. The Balaban J connectivity index is 1.91. The maximum absolute atomic E-state index is 13.5. The first kappa shape index (κ1) is 24.3. The maximum Gasteiger partial charge on any atom is 0.417 e. The summed E-state index contributed by atoms with van der Waals surface area (Å²) in [5.74, 6) is -0.310. The van der Waals surface area contributed by atoms with E-state index in [2.05, 4.69) is 28.7 Å². The van der Waals surface area contributed by atoms with Crippen molar-refractivity contribution >= 4 is 17.8 Å². The molecule has 0 bridgehead atoms. The van der Waals surface area contributed by atoms with E-state index in [1.165, 1.54) is 12.3 Å². The van der Waals surface area contributed by atoms with E-state index in [9.17, 15) is 26.3 Å². The van der Waals surface area contributed by atoms with Gasteiger partial charge in [0, 0.05) is 30.5 Å². The summed E-state index contributed by atoms with van der Waals surface area (Å²) in [6.45, 7) is 5.87. The molecule has 0 aliphatic heterocycles. The number of alkyl halides is 6. The summed E-state index contributed by atoms with van der Waals surface area (Å²) in [6.07, 6.45) is -5.28. The van der Waals surface area contributed by atoms with Gasteiger partial charge in [-0.05, 0) is 61.9 Å². The van der Waals surface area contributed by atoms with E-state index in [0.29, 0.717) is 11.8 Å². The lowest BCUT2D eigenvalue weighted by Crippen LogP contribution is -2.21. The fraction of sp³-hybridized carbons (Fsp3) is 0.250. The van der Waals surface area contributed by atoms with E-state index >= 15 is 0 Å². The van der Waals surface area contributed by atoms with Crippen LogP contribution >= 0.6 is 0 Å². The van der Waals surface area contributed by atoms with E-state index in [-0.39, 0.29) is 11.9 Å². The first-order valence-corrected chi connectivity index (χ1v) is 10.2. The van der Waals surface area contributed by atoms with Crippen LogP contribution < -0.4 is 4.90 Å². The molecule has 3 rings (SSSR count). The van der Waals surface area contributed by atoms with Gasteiger partial charge in [-0.2, -0.15) is 26.3 Å². The summed E-state index contributed by atoms with van der Waals surface area (Å²) in [5, 5.41) is 0. The molecular weight excluding hydrogens is 444 g/mol. The van der Waals surface area contributed by atoms with Gasteiger partial charge in [-0.3, -0.25) is 0 Å². The number of nitrogens with zero attached hydrogens (tertiary/aromatic N) is 3. The average molecular weight is 465 g/mol. The first-order valence-electron chi connectivity index (χ1n) is 10.2. The maximum atomic E-state index is 13.5. The van der Waals surface area contributed by atoms with E-state index in [1.807, 2.05) is 24.3 Å². The van der Waals surface area contributed by atoms with Crippen LogP contribution in [0.5, 0.6) is 0 Å².